The number of aryl methyl sites for hydroxylation is 1. The van der Waals surface area contributed by atoms with E-state index < -0.39 is 0 Å². The molecule has 0 radical (unpaired) electrons. The van der Waals surface area contributed by atoms with Crippen molar-refractivity contribution in [2.24, 2.45) is 10.9 Å². The number of rotatable bonds is 4. The first kappa shape index (κ1) is 11.3. The normalized spacial score (nSPS) is 11.5. The molecule has 0 bridgehead atoms. The Bertz CT molecular complexity index is 366. The van der Waals surface area contributed by atoms with Gasteiger partial charge in [-0.15, -0.1) is 0 Å². The standard InChI is InChI=1S/C10H13FN2O2/c1-7-6-8(11)2-3-9(7)15-5-4-10(12)13-14/h2-3,6,14H,4-5H2,1H3,(H2,12,13). The average molecular weight is 212 g/mol. The lowest BCUT2D eigenvalue weighted by molar-refractivity contribution is 0.304. The van der Waals surface area contributed by atoms with Crippen LogP contribution in [0, 0.1) is 12.7 Å². The van der Waals surface area contributed by atoms with Gasteiger partial charge in [0.25, 0.3) is 0 Å². The number of halogens is 1. The average Bonchev–Trinajstić information content (AvgIpc) is 2.21. The lowest BCUT2D eigenvalue weighted by Crippen LogP contribution is -2.15. The topological polar surface area (TPSA) is 67.8 Å². The van der Waals surface area contributed by atoms with Gasteiger partial charge in [-0.3, -0.25) is 0 Å². The van der Waals surface area contributed by atoms with Crippen molar-refractivity contribution in [2.75, 3.05) is 6.61 Å². The van der Waals surface area contributed by atoms with Gasteiger partial charge in [0, 0.05) is 6.42 Å². The quantitative estimate of drug-likeness (QED) is 0.345. The first-order valence-electron chi connectivity index (χ1n) is 4.49. The molecule has 0 atom stereocenters. The van der Waals surface area contributed by atoms with E-state index in [1.54, 1.807) is 13.0 Å². The molecule has 0 fully saturated rings. The second-order valence-electron chi connectivity index (χ2n) is 3.10. The lowest BCUT2D eigenvalue weighted by atomic mass is 10.2. The van der Waals surface area contributed by atoms with Crippen molar-refractivity contribution < 1.29 is 14.3 Å². The van der Waals surface area contributed by atoms with Gasteiger partial charge in [-0.2, -0.15) is 0 Å². The van der Waals surface area contributed by atoms with Crippen LogP contribution in [0.15, 0.2) is 23.4 Å². The maximum atomic E-state index is 12.7. The Labute approximate surface area is 87.2 Å². The van der Waals surface area contributed by atoms with Crippen LogP contribution >= 0.6 is 0 Å². The molecule has 1 aromatic rings. The highest BCUT2D eigenvalue weighted by Gasteiger charge is 2.01. The molecular formula is C10H13FN2O2. The van der Waals surface area contributed by atoms with Crippen molar-refractivity contribution in [3.8, 4) is 5.75 Å². The van der Waals surface area contributed by atoms with Crippen molar-refractivity contribution in [3.63, 3.8) is 0 Å². The summed E-state index contributed by atoms with van der Waals surface area (Å²) in [7, 11) is 0. The van der Waals surface area contributed by atoms with E-state index in [4.69, 9.17) is 15.7 Å². The molecular weight excluding hydrogens is 199 g/mol. The molecule has 0 amide bonds. The smallest absolute Gasteiger partial charge is 0.142 e. The van der Waals surface area contributed by atoms with Gasteiger partial charge in [0.05, 0.1) is 6.61 Å². The summed E-state index contributed by atoms with van der Waals surface area (Å²) in [6.45, 7) is 2.05. The molecule has 0 aliphatic rings. The maximum Gasteiger partial charge on any atom is 0.142 e. The van der Waals surface area contributed by atoms with Crippen molar-refractivity contribution in [2.45, 2.75) is 13.3 Å². The van der Waals surface area contributed by atoms with Crippen LogP contribution in [0.1, 0.15) is 12.0 Å². The predicted molar refractivity (Wildman–Crippen MR) is 54.7 cm³/mol. The van der Waals surface area contributed by atoms with Crippen LogP contribution in [0.25, 0.3) is 0 Å². The second kappa shape index (κ2) is 5.19. The molecule has 0 heterocycles. The van der Waals surface area contributed by atoms with Crippen molar-refractivity contribution in [3.05, 3.63) is 29.6 Å². The highest BCUT2D eigenvalue weighted by Crippen LogP contribution is 2.18. The Morgan fingerprint density at radius 3 is 2.93 bits per heavy atom. The molecule has 0 aromatic heterocycles. The molecule has 5 heteroatoms. The van der Waals surface area contributed by atoms with Gasteiger partial charge in [0.2, 0.25) is 0 Å². The van der Waals surface area contributed by atoms with E-state index in [0.717, 1.165) is 5.56 Å². The molecule has 3 N–H and O–H groups in total. The molecule has 0 saturated heterocycles. The fourth-order valence-corrected chi connectivity index (χ4v) is 1.09. The van der Waals surface area contributed by atoms with Gasteiger partial charge >= 0.3 is 0 Å². The minimum absolute atomic E-state index is 0.106. The number of nitrogens with zero attached hydrogens (tertiary/aromatic N) is 1. The van der Waals surface area contributed by atoms with Crippen LogP contribution in [-0.4, -0.2) is 17.6 Å². The van der Waals surface area contributed by atoms with Gasteiger partial charge in [-0.1, -0.05) is 5.16 Å². The Hall–Kier alpha value is -1.78. The highest BCUT2D eigenvalue weighted by molar-refractivity contribution is 5.79. The van der Waals surface area contributed by atoms with Gasteiger partial charge in [0.15, 0.2) is 0 Å². The number of amidine groups is 1. The molecule has 1 aromatic carbocycles. The summed E-state index contributed by atoms with van der Waals surface area (Å²) in [5.74, 6) is 0.410. The van der Waals surface area contributed by atoms with Gasteiger partial charge in [-0.05, 0) is 30.7 Å². The van der Waals surface area contributed by atoms with Crippen LogP contribution < -0.4 is 10.5 Å². The van der Waals surface area contributed by atoms with E-state index in [-0.39, 0.29) is 11.7 Å². The minimum Gasteiger partial charge on any atom is -0.493 e. The van der Waals surface area contributed by atoms with Crippen LogP contribution in [0.2, 0.25) is 0 Å². The molecule has 0 aliphatic carbocycles. The number of hydrogen-bond donors (Lipinski definition) is 2. The zero-order valence-electron chi connectivity index (χ0n) is 8.40. The number of ether oxygens (including phenoxy) is 1. The second-order valence-corrected chi connectivity index (χ2v) is 3.10. The van der Waals surface area contributed by atoms with Crippen molar-refractivity contribution >= 4 is 5.84 Å². The number of nitrogens with two attached hydrogens (primary N) is 1. The van der Waals surface area contributed by atoms with Crippen molar-refractivity contribution in [1.82, 2.24) is 0 Å². The van der Waals surface area contributed by atoms with Crippen molar-refractivity contribution in [1.29, 1.82) is 0 Å². The van der Waals surface area contributed by atoms with E-state index >= 15 is 0 Å². The summed E-state index contributed by atoms with van der Waals surface area (Å²) in [6.07, 6.45) is 0.327. The number of benzene rings is 1. The van der Waals surface area contributed by atoms with Crippen LogP contribution in [0.4, 0.5) is 4.39 Å². The molecule has 0 spiro atoms. The van der Waals surface area contributed by atoms with E-state index in [1.807, 2.05) is 0 Å². The molecule has 1 rings (SSSR count). The summed E-state index contributed by atoms with van der Waals surface area (Å²) in [4.78, 5) is 0. The zero-order valence-corrected chi connectivity index (χ0v) is 8.40. The first-order chi connectivity index (χ1) is 7.13. The summed E-state index contributed by atoms with van der Waals surface area (Å²) in [5, 5.41) is 11.1. The largest absolute Gasteiger partial charge is 0.493 e. The van der Waals surface area contributed by atoms with E-state index in [9.17, 15) is 4.39 Å². The number of hydrogen-bond acceptors (Lipinski definition) is 3. The maximum absolute atomic E-state index is 12.7. The molecule has 15 heavy (non-hydrogen) atoms. The molecule has 4 nitrogen and oxygen atoms in total. The minimum atomic E-state index is -0.295. The summed E-state index contributed by atoms with van der Waals surface area (Å²) in [6, 6.07) is 4.27. The Kier molecular flexibility index (Phi) is 3.91. The summed E-state index contributed by atoms with van der Waals surface area (Å²) in [5.41, 5.74) is 5.98. The third-order valence-corrected chi connectivity index (χ3v) is 1.88. The predicted octanol–water partition coefficient (Wildman–Crippen LogP) is 1.65. The third-order valence-electron chi connectivity index (χ3n) is 1.88. The monoisotopic (exact) mass is 212 g/mol. The van der Waals surface area contributed by atoms with Crippen LogP contribution in [0.5, 0.6) is 5.75 Å². The van der Waals surface area contributed by atoms with E-state index in [2.05, 4.69) is 5.16 Å². The van der Waals surface area contributed by atoms with Crippen LogP contribution in [0.3, 0.4) is 0 Å². The molecule has 82 valence electrons. The summed E-state index contributed by atoms with van der Waals surface area (Å²) >= 11 is 0. The number of oxime groups is 1. The zero-order chi connectivity index (χ0) is 11.3. The SMILES string of the molecule is Cc1cc(F)ccc1OCC/C(N)=N/O. The van der Waals surface area contributed by atoms with Gasteiger partial charge < -0.3 is 15.7 Å². The van der Waals surface area contributed by atoms with Gasteiger partial charge in [-0.25, -0.2) is 4.39 Å². The Balaban J connectivity index is 2.51. The highest BCUT2D eigenvalue weighted by atomic mass is 19.1. The molecule has 0 saturated carbocycles. The Morgan fingerprint density at radius 2 is 2.33 bits per heavy atom. The lowest BCUT2D eigenvalue weighted by Gasteiger charge is -2.08. The fraction of sp³-hybridized carbons (Fsp3) is 0.300. The fourth-order valence-electron chi connectivity index (χ4n) is 1.09. The summed E-state index contributed by atoms with van der Waals surface area (Å²) < 4.78 is 18.1. The molecule has 0 aliphatic heterocycles. The van der Waals surface area contributed by atoms with Gasteiger partial charge in [0.1, 0.15) is 17.4 Å². The van der Waals surface area contributed by atoms with E-state index in [0.29, 0.717) is 18.8 Å². The first-order valence-corrected chi connectivity index (χ1v) is 4.49. The molecule has 0 unspecified atom stereocenters. The van der Waals surface area contributed by atoms with E-state index in [1.165, 1.54) is 12.1 Å². The third kappa shape index (κ3) is 3.46. The van der Waals surface area contributed by atoms with Crippen LogP contribution in [-0.2, 0) is 0 Å². The Morgan fingerprint density at radius 1 is 1.60 bits per heavy atom.